The molecule has 0 nitrogen and oxygen atoms in total. The summed E-state index contributed by atoms with van der Waals surface area (Å²) in [6.07, 6.45) is 17.0. The summed E-state index contributed by atoms with van der Waals surface area (Å²) in [7, 11) is 0. The summed E-state index contributed by atoms with van der Waals surface area (Å²) in [4.78, 5) is 0. The third-order valence-electron chi connectivity index (χ3n) is 4.81. The molecule has 0 radical (unpaired) electrons. The largest absolute Gasteiger partial charge is 0.0873 e. The smallest absolute Gasteiger partial charge is 0.00359 e. The monoisotopic (exact) mass is 174 g/mol. The van der Waals surface area contributed by atoms with Crippen molar-refractivity contribution in [3.8, 4) is 0 Å². The van der Waals surface area contributed by atoms with Gasteiger partial charge in [0.1, 0.15) is 0 Å². The quantitative estimate of drug-likeness (QED) is 0.491. The van der Waals surface area contributed by atoms with Crippen molar-refractivity contribution < 1.29 is 0 Å². The van der Waals surface area contributed by atoms with Gasteiger partial charge in [-0.15, -0.1) is 0 Å². The molecule has 0 spiro atoms. The van der Waals surface area contributed by atoms with Crippen LogP contribution in [0.5, 0.6) is 0 Å². The summed E-state index contributed by atoms with van der Waals surface area (Å²) in [5.41, 5.74) is 1.18. The van der Waals surface area contributed by atoms with Gasteiger partial charge in [0.25, 0.3) is 0 Å². The van der Waals surface area contributed by atoms with Crippen LogP contribution in [0.1, 0.15) is 39.0 Å². The van der Waals surface area contributed by atoms with E-state index in [0.29, 0.717) is 10.8 Å². The summed E-state index contributed by atoms with van der Waals surface area (Å²) in [6.45, 7) is 2.40. The fourth-order valence-electron chi connectivity index (χ4n) is 3.89. The van der Waals surface area contributed by atoms with Crippen LogP contribution in [0.2, 0.25) is 0 Å². The van der Waals surface area contributed by atoms with Crippen LogP contribution in [-0.4, -0.2) is 0 Å². The summed E-state index contributed by atoms with van der Waals surface area (Å²) in [6, 6.07) is 0. The van der Waals surface area contributed by atoms with Gasteiger partial charge in [0.2, 0.25) is 0 Å². The molecule has 0 bridgehead atoms. The molecule has 3 aliphatic rings. The molecule has 0 aliphatic heterocycles. The molecule has 0 N–H and O–H groups in total. The Labute approximate surface area is 80.7 Å². The van der Waals surface area contributed by atoms with Gasteiger partial charge in [0.05, 0.1) is 0 Å². The van der Waals surface area contributed by atoms with E-state index < -0.39 is 0 Å². The maximum atomic E-state index is 2.51. The number of hydrogen-bond acceptors (Lipinski definition) is 0. The molecule has 0 heteroatoms. The Bertz CT molecular complexity index is 286. The fourth-order valence-corrected chi connectivity index (χ4v) is 3.89. The predicted molar refractivity (Wildman–Crippen MR) is 55.4 cm³/mol. The first-order valence-corrected chi connectivity index (χ1v) is 5.66. The predicted octanol–water partition coefficient (Wildman–Crippen LogP) is 3.70. The zero-order valence-electron chi connectivity index (χ0n) is 8.42. The molecule has 0 aromatic carbocycles. The molecule has 0 saturated heterocycles. The number of rotatable bonds is 0. The highest BCUT2D eigenvalue weighted by molar-refractivity contribution is 5.34. The number of hydrogen-bond donors (Lipinski definition) is 0. The second kappa shape index (κ2) is 2.29. The van der Waals surface area contributed by atoms with Crippen molar-refractivity contribution in [3.63, 3.8) is 0 Å². The molecule has 3 rings (SSSR count). The average Bonchev–Trinajstić information content (AvgIpc) is 2.11. The molecule has 1 fully saturated rings. The lowest BCUT2D eigenvalue weighted by Gasteiger charge is -2.61. The Hall–Kier alpha value is -0.520. The first-order valence-electron chi connectivity index (χ1n) is 5.66. The van der Waals surface area contributed by atoms with Gasteiger partial charge >= 0.3 is 0 Å². The van der Waals surface area contributed by atoms with E-state index in [1.54, 1.807) is 0 Å². The Morgan fingerprint density at radius 1 is 1.15 bits per heavy atom. The Morgan fingerprint density at radius 3 is 2.69 bits per heavy atom. The standard InChI is InChI=1S/C13H18/c1-11-5-4-7-12-6-2-3-8-13(11,12)10-9-12/h4-5,9-11H,2-3,6-8H2,1H3/t11-,12-,13-/m1/s1. The number of allylic oxidation sites excluding steroid dienone is 4. The molecule has 0 aromatic rings. The van der Waals surface area contributed by atoms with Crippen molar-refractivity contribution in [3.05, 3.63) is 24.3 Å². The third-order valence-corrected chi connectivity index (χ3v) is 4.81. The molecule has 0 aromatic heterocycles. The molecule has 1 saturated carbocycles. The van der Waals surface area contributed by atoms with Gasteiger partial charge in [-0.2, -0.15) is 0 Å². The lowest BCUT2D eigenvalue weighted by Crippen LogP contribution is -2.52. The highest BCUT2D eigenvalue weighted by Crippen LogP contribution is 2.66. The van der Waals surface area contributed by atoms with Gasteiger partial charge in [0, 0.05) is 10.8 Å². The van der Waals surface area contributed by atoms with E-state index in [-0.39, 0.29) is 0 Å². The van der Waals surface area contributed by atoms with E-state index >= 15 is 0 Å². The lowest BCUT2D eigenvalue weighted by molar-refractivity contribution is 0.00167. The zero-order valence-corrected chi connectivity index (χ0v) is 8.42. The van der Waals surface area contributed by atoms with Crippen LogP contribution in [0.25, 0.3) is 0 Å². The van der Waals surface area contributed by atoms with Crippen LogP contribution in [0.15, 0.2) is 24.3 Å². The first kappa shape index (κ1) is 7.84. The molecular formula is C13H18. The fraction of sp³-hybridized carbons (Fsp3) is 0.692. The van der Waals surface area contributed by atoms with E-state index in [1.165, 1.54) is 32.1 Å². The minimum atomic E-state index is 0.583. The lowest BCUT2D eigenvalue weighted by atomic mass is 9.43. The van der Waals surface area contributed by atoms with E-state index in [2.05, 4.69) is 31.2 Å². The van der Waals surface area contributed by atoms with Crippen molar-refractivity contribution in [2.75, 3.05) is 0 Å². The van der Waals surface area contributed by atoms with Crippen molar-refractivity contribution in [2.45, 2.75) is 39.0 Å². The van der Waals surface area contributed by atoms with Crippen molar-refractivity contribution in [2.24, 2.45) is 16.7 Å². The van der Waals surface area contributed by atoms with E-state index in [9.17, 15) is 0 Å². The third kappa shape index (κ3) is 0.734. The van der Waals surface area contributed by atoms with E-state index in [1.807, 2.05) is 0 Å². The summed E-state index contributed by atoms with van der Waals surface area (Å²) in [5, 5.41) is 0. The second-order valence-corrected chi connectivity index (χ2v) is 5.16. The van der Waals surface area contributed by atoms with E-state index in [0.717, 1.165) is 5.92 Å². The van der Waals surface area contributed by atoms with Gasteiger partial charge in [-0.25, -0.2) is 0 Å². The summed E-state index contributed by atoms with van der Waals surface area (Å²) in [5.74, 6) is 0.784. The minimum absolute atomic E-state index is 0.583. The highest BCUT2D eigenvalue weighted by Gasteiger charge is 2.57. The molecular weight excluding hydrogens is 156 g/mol. The van der Waals surface area contributed by atoms with Crippen molar-refractivity contribution in [1.82, 2.24) is 0 Å². The molecule has 13 heavy (non-hydrogen) atoms. The van der Waals surface area contributed by atoms with E-state index in [4.69, 9.17) is 0 Å². The minimum Gasteiger partial charge on any atom is -0.0873 e. The Balaban J connectivity index is 2.07. The van der Waals surface area contributed by atoms with Crippen LogP contribution in [-0.2, 0) is 0 Å². The van der Waals surface area contributed by atoms with Crippen LogP contribution >= 0.6 is 0 Å². The SMILES string of the molecule is C[C@@H]1C=CC[C@]23C=C[C@]12CCCC3. The maximum absolute atomic E-state index is 2.51. The zero-order chi connectivity index (χ0) is 8.94. The average molecular weight is 174 g/mol. The van der Waals surface area contributed by atoms with Gasteiger partial charge in [-0.3, -0.25) is 0 Å². The first-order chi connectivity index (χ1) is 6.29. The summed E-state index contributed by atoms with van der Waals surface area (Å²) < 4.78 is 0. The van der Waals surface area contributed by atoms with Gasteiger partial charge < -0.3 is 0 Å². The molecule has 3 aliphatic carbocycles. The van der Waals surface area contributed by atoms with Gasteiger partial charge in [-0.05, 0) is 25.2 Å². The molecule has 70 valence electrons. The Morgan fingerprint density at radius 2 is 2.00 bits per heavy atom. The second-order valence-electron chi connectivity index (χ2n) is 5.16. The van der Waals surface area contributed by atoms with Crippen LogP contribution in [0.3, 0.4) is 0 Å². The summed E-state index contributed by atoms with van der Waals surface area (Å²) >= 11 is 0. The topological polar surface area (TPSA) is 0 Å². The molecule has 0 amide bonds. The molecule has 0 heterocycles. The van der Waals surface area contributed by atoms with Crippen LogP contribution in [0.4, 0.5) is 0 Å². The highest BCUT2D eigenvalue weighted by atomic mass is 14.6. The van der Waals surface area contributed by atoms with Gasteiger partial charge in [-0.1, -0.05) is 44.1 Å². The Kier molecular flexibility index (Phi) is 1.38. The maximum Gasteiger partial charge on any atom is 0.00359 e. The van der Waals surface area contributed by atoms with Gasteiger partial charge in [0.15, 0.2) is 0 Å². The molecule has 0 unspecified atom stereocenters. The molecule has 3 atom stereocenters. The van der Waals surface area contributed by atoms with Crippen molar-refractivity contribution in [1.29, 1.82) is 0 Å². The van der Waals surface area contributed by atoms with Crippen molar-refractivity contribution >= 4 is 0 Å². The van der Waals surface area contributed by atoms with Crippen LogP contribution < -0.4 is 0 Å². The van der Waals surface area contributed by atoms with Crippen LogP contribution in [0, 0.1) is 16.7 Å². The normalized spacial score (nSPS) is 52.2.